The number of rotatable bonds is 10. The summed E-state index contributed by atoms with van der Waals surface area (Å²) in [6.45, 7) is 3.75. The monoisotopic (exact) mass is 587 g/mol. The fourth-order valence-corrected chi connectivity index (χ4v) is 4.96. The van der Waals surface area contributed by atoms with Gasteiger partial charge in [-0.2, -0.15) is 19.6 Å². The molecule has 0 radical (unpaired) electrons. The van der Waals surface area contributed by atoms with E-state index in [1.165, 1.54) is 16.8 Å². The summed E-state index contributed by atoms with van der Waals surface area (Å²) in [5.41, 5.74) is 7.24. The van der Waals surface area contributed by atoms with Crippen LogP contribution in [-0.2, 0) is 10.8 Å². The molecule has 4 heterocycles. The first-order chi connectivity index (χ1) is 19.7. The van der Waals surface area contributed by atoms with Crippen molar-refractivity contribution in [2.24, 2.45) is 0 Å². The Hall–Kier alpha value is -4.11. The Morgan fingerprint density at radius 2 is 1.95 bits per heavy atom. The average Bonchev–Trinajstić information content (AvgIpc) is 3.62. The first-order valence-electron chi connectivity index (χ1n) is 13.0. The van der Waals surface area contributed by atoms with E-state index < -0.39 is 28.3 Å². The zero-order valence-corrected chi connectivity index (χ0v) is 23.5. The molecule has 1 atom stereocenters. The molecule has 1 amide bonds. The summed E-state index contributed by atoms with van der Waals surface area (Å²) < 4.78 is 47.2. The number of furan rings is 1. The summed E-state index contributed by atoms with van der Waals surface area (Å²) in [5, 5.41) is 6.95. The molecule has 218 valence electrons. The zero-order valence-electron chi connectivity index (χ0n) is 22.7. The maximum absolute atomic E-state index is 14.7. The summed E-state index contributed by atoms with van der Waals surface area (Å²) in [4.78, 5) is 27.4. The maximum atomic E-state index is 14.7. The minimum Gasteiger partial charge on any atom is -0.463 e. The third kappa shape index (κ3) is 6.46. The fourth-order valence-electron chi connectivity index (χ4n) is 4.57. The topological polar surface area (TPSA) is 138 Å². The predicted octanol–water partition coefficient (Wildman–Crippen LogP) is 1.61. The van der Waals surface area contributed by atoms with Crippen molar-refractivity contribution in [2.75, 3.05) is 80.4 Å². The molecule has 4 aromatic rings. The number of benzene rings is 1. The van der Waals surface area contributed by atoms with Gasteiger partial charge in [0, 0.05) is 87.8 Å². The van der Waals surface area contributed by atoms with Crippen LogP contribution in [0.3, 0.4) is 0 Å². The summed E-state index contributed by atoms with van der Waals surface area (Å²) >= 11 is 0. The van der Waals surface area contributed by atoms with Gasteiger partial charge in [0.2, 0.25) is 11.9 Å². The molecule has 0 saturated carbocycles. The van der Waals surface area contributed by atoms with Gasteiger partial charge in [0.25, 0.3) is 5.91 Å². The normalized spacial score (nSPS) is 14.9. The van der Waals surface area contributed by atoms with Crippen LogP contribution in [0.5, 0.6) is 0 Å². The average molecular weight is 588 g/mol. The summed E-state index contributed by atoms with van der Waals surface area (Å²) in [7, 11) is 0.789. The Morgan fingerprint density at radius 3 is 2.66 bits per heavy atom. The lowest BCUT2D eigenvalue weighted by atomic mass is 10.1. The zero-order chi connectivity index (χ0) is 29.1. The summed E-state index contributed by atoms with van der Waals surface area (Å²) in [6.07, 6.45) is 3.09. The fraction of sp³-hybridized carbons (Fsp3) is 0.385. The number of aromatic nitrogens is 4. The van der Waals surface area contributed by atoms with Crippen molar-refractivity contribution in [3.63, 3.8) is 0 Å². The van der Waals surface area contributed by atoms with Crippen LogP contribution in [0.25, 0.3) is 17.1 Å². The maximum Gasteiger partial charge on any atom is 0.254 e. The highest BCUT2D eigenvalue weighted by atomic mass is 32.2. The van der Waals surface area contributed by atoms with E-state index in [1.807, 2.05) is 11.9 Å². The third-order valence-corrected chi connectivity index (χ3v) is 7.65. The Balaban J connectivity index is 1.17. The van der Waals surface area contributed by atoms with Crippen molar-refractivity contribution in [1.29, 1.82) is 0 Å². The number of fused-ring (bicyclic) bond motifs is 1. The van der Waals surface area contributed by atoms with E-state index in [0.29, 0.717) is 62.3 Å². The number of hydrogen-bond acceptors (Lipinski definition) is 10. The molecule has 41 heavy (non-hydrogen) atoms. The molecule has 3 aromatic heterocycles. The van der Waals surface area contributed by atoms with Gasteiger partial charge in [0.15, 0.2) is 11.4 Å². The lowest BCUT2D eigenvalue weighted by molar-refractivity contribution is 0.0952. The molecule has 1 fully saturated rings. The van der Waals surface area contributed by atoms with Gasteiger partial charge >= 0.3 is 0 Å². The number of nitrogens with two attached hydrogens (primary N) is 1. The van der Waals surface area contributed by atoms with Crippen molar-refractivity contribution in [2.45, 2.75) is 0 Å². The smallest absolute Gasteiger partial charge is 0.254 e. The molecule has 1 saturated heterocycles. The number of halogens is 2. The van der Waals surface area contributed by atoms with E-state index in [1.54, 1.807) is 29.4 Å². The highest BCUT2D eigenvalue weighted by Gasteiger charge is 2.24. The second-order valence-corrected chi connectivity index (χ2v) is 11.3. The number of amides is 1. The van der Waals surface area contributed by atoms with E-state index in [4.69, 9.17) is 10.2 Å². The predicted molar refractivity (Wildman–Crippen MR) is 152 cm³/mol. The summed E-state index contributed by atoms with van der Waals surface area (Å²) in [5.74, 6) is -0.788. The highest BCUT2D eigenvalue weighted by molar-refractivity contribution is 7.84. The van der Waals surface area contributed by atoms with Gasteiger partial charge in [-0.1, -0.05) is 0 Å². The molecule has 1 aliphatic rings. The van der Waals surface area contributed by atoms with E-state index in [-0.39, 0.29) is 29.5 Å². The van der Waals surface area contributed by atoms with Gasteiger partial charge in [0.1, 0.15) is 17.3 Å². The Bertz CT molecular complexity index is 1560. The number of nitrogens with one attached hydrogen (secondary N) is 1. The Morgan fingerprint density at radius 1 is 1.17 bits per heavy atom. The molecule has 0 unspecified atom stereocenters. The van der Waals surface area contributed by atoms with E-state index >= 15 is 0 Å². The van der Waals surface area contributed by atoms with E-state index in [0.717, 1.165) is 6.07 Å². The third-order valence-electron chi connectivity index (χ3n) is 6.87. The van der Waals surface area contributed by atoms with Crippen molar-refractivity contribution in [1.82, 2.24) is 29.8 Å². The van der Waals surface area contributed by atoms with Crippen LogP contribution in [0.2, 0.25) is 0 Å². The minimum atomic E-state index is -1.09. The number of anilines is 3. The van der Waals surface area contributed by atoms with Gasteiger partial charge in [-0.25, -0.2) is 8.78 Å². The molecular weight excluding hydrogens is 556 g/mol. The molecule has 5 rings (SSSR count). The molecule has 3 N–H and O–H groups in total. The van der Waals surface area contributed by atoms with Crippen LogP contribution >= 0.6 is 0 Å². The number of piperazine rings is 1. The van der Waals surface area contributed by atoms with Crippen molar-refractivity contribution >= 4 is 39.9 Å². The first-order valence-corrected chi connectivity index (χ1v) is 14.7. The van der Waals surface area contributed by atoms with Crippen LogP contribution in [0.4, 0.5) is 26.4 Å². The van der Waals surface area contributed by atoms with Crippen LogP contribution in [0.1, 0.15) is 10.4 Å². The molecule has 1 aliphatic heterocycles. The number of nitrogen functional groups attached to an aromatic ring is 1. The quantitative estimate of drug-likeness (QED) is 0.281. The molecule has 15 heteroatoms. The van der Waals surface area contributed by atoms with Crippen molar-refractivity contribution < 1.29 is 22.2 Å². The summed E-state index contributed by atoms with van der Waals surface area (Å²) in [6, 6.07) is 7.35. The van der Waals surface area contributed by atoms with Gasteiger partial charge in [-0.15, -0.1) is 0 Å². The number of hydrogen-bond donors (Lipinski definition) is 2. The largest absolute Gasteiger partial charge is 0.463 e. The molecule has 0 aliphatic carbocycles. The van der Waals surface area contributed by atoms with Gasteiger partial charge in [-0.3, -0.25) is 13.9 Å². The molecular formula is C26H31F2N9O3S. The van der Waals surface area contributed by atoms with Gasteiger partial charge < -0.3 is 25.3 Å². The first kappa shape index (κ1) is 28.4. The van der Waals surface area contributed by atoms with Gasteiger partial charge in [0.05, 0.1) is 17.5 Å². The lowest BCUT2D eigenvalue weighted by Crippen LogP contribution is -2.48. The van der Waals surface area contributed by atoms with Gasteiger partial charge in [-0.05, 0) is 18.2 Å². The van der Waals surface area contributed by atoms with Crippen LogP contribution in [0.15, 0.2) is 41.0 Å². The lowest BCUT2D eigenvalue weighted by Gasteiger charge is -2.37. The number of nitrogens with zero attached hydrogens (tertiary/aromatic N) is 7. The molecule has 12 nitrogen and oxygen atoms in total. The Labute approximate surface area is 237 Å². The SMILES string of the molecule is CN(CCN1CCN(c2cc(C(=O)NCC[S@@](C)=O)c(F)cc2F)CC1)c1nc(N)n2nc(-c3ccco3)cc2n1. The van der Waals surface area contributed by atoms with E-state index in [2.05, 4.69) is 25.3 Å². The van der Waals surface area contributed by atoms with E-state index in [9.17, 15) is 17.8 Å². The number of carbonyl (C=O) groups excluding carboxylic acids is 1. The number of likely N-dealkylation sites (N-methyl/N-ethyl adjacent to an activating group) is 1. The Kier molecular flexibility index (Phi) is 8.44. The second-order valence-electron chi connectivity index (χ2n) is 9.73. The highest BCUT2D eigenvalue weighted by Crippen LogP contribution is 2.25. The molecule has 1 aromatic carbocycles. The number of carbonyl (C=O) groups is 1. The molecule has 0 spiro atoms. The van der Waals surface area contributed by atoms with Crippen LogP contribution in [-0.4, -0.2) is 99.5 Å². The molecule has 0 bridgehead atoms. The minimum absolute atomic E-state index is 0.140. The van der Waals surface area contributed by atoms with Crippen LogP contribution < -0.4 is 20.9 Å². The van der Waals surface area contributed by atoms with Crippen molar-refractivity contribution in [3.8, 4) is 11.5 Å². The second kappa shape index (κ2) is 12.2. The van der Waals surface area contributed by atoms with Crippen LogP contribution in [0, 0.1) is 11.6 Å². The van der Waals surface area contributed by atoms with Crippen molar-refractivity contribution in [3.05, 3.63) is 53.8 Å². The standard InChI is InChI=1S/C26H31F2N9O3S/c1-34(26-31-23-16-20(22-4-3-12-40-22)33-37(23)25(29)32-26)6-7-35-8-10-36(11-9-35)21-14-17(18(27)15-19(21)28)24(38)30-5-13-41(2)39/h3-4,12,14-16H,5-11,13H2,1-2H3,(H,30,38)(H2,29,31,32)/t41-/m1/s1.